The van der Waals surface area contributed by atoms with Gasteiger partial charge >= 0.3 is 0 Å². The second kappa shape index (κ2) is 7.73. The normalized spacial score (nSPS) is 21.2. The summed E-state index contributed by atoms with van der Waals surface area (Å²) in [6.07, 6.45) is 8.29. The molecule has 1 aliphatic heterocycles. The van der Waals surface area contributed by atoms with Crippen LogP contribution >= 0.6 is 0 Å². The Morgan fingerprint density at radius 2 is 1.90 bits per heavy atom. The van der Waals surface area contributed by atoms with Gasteiger partial charge in [-0.2, -0.15) is 5.10 Å². The maximum atomic E-state index is 12.7. The number of benzene rings is 1. The van der Waals surface area contributed by atoms with Crippen LogP contribution in [0, 0.1) is 0 Å². The summed E-state index contributed by atoms with van der Waals surface area (Å²) >= 11 is 0. The van der Waals surface area contributed by atoms with Crippen molar-refractivity contribution in [1.29, 1.82) is 0 Å². The van der Waals surface area contributed by atoms with E-state index >= 15 is 0 Å². The molecule has 1 amide bonds. The molecule has 152 valence electrons. The number of fused-ring (bicyclic) bond motifs is 1. The number of amides is 1. The molecule has 2 aliphatic carbocycles. The number of aromatic nitrogens is 3. The first-order valence-corrected chi connectivity index (χ1v) is 11.0. The first-order chi connectivity index (χ1) is 14.2. The second-order valence-electron chi connectivity index (χ2n) is 8.79. The van der Waals surface area contributed by atoms with Gasteiger partial charge in [-0.05, 0) is 62.1 Å². The van der Waals surface area contributed by atoms with E-state index in [2.05, 4.69) is 21.2 Å². The molecule has 0 radical (unpaired) electrons. The lowest BCUT2D eigenvalue weighted by molar-refractivity contribution is -0.132. The smallest absolute Gasteiger partial charge is 0.223 e. The van der Waals surface area contributed by atoms with Crippen LogP contribution < -0.4 is 0 Å². The average Bonchev–Trinajstić information content (AvgIpc) is 3.29. The molecule has 0 spiro atoms. The highest BCUT2D eigenvalue weighted by molar-refractivity contribution is 5.98. The fourth-order valence-corrected chi connectivity index (χ4v) is 4.69. The summed E-state index contributed by atoms with van der Waals surface area (Å²) in [7, 11) is 0. The molecule has 1 N–H and O–H groups in total. The number of carbonyl (C=O) groups excluding carboxylic acids is 2. The van der Waals surface area contributed by atoms with Crippen LogP contribution in [0.15, 0.2) is 18.2 Å². The van der Waals surface area contributed by atoms with Gasteiger partial charge in [-0.25, -0.2) is 4.98 Å². The first-order valence-electron chi connectivity index (χ1n) is 11.0. The van der Waals surface area contributed by atoms with Crippen molar-refractivity contribution in [2.45, 2.75) is 69.6 Å². The minimum absolute atomic E-state index is 0.0714. The lowest BCUT2D eigenvalue weighted by Gasteiger charge is -2.31. The SMILES string of the molecule is O=C(CCC(=O)N1CCC[C@@H](c2n[nH]c(C3CC3)n2)C1)c1ccc2c(c1)CCC2. The van der Waals surface area contributed by atoms with Crippen LogP contribution in [0.4, 0.5) is 0 Å². The number of hydrogen-bond donors (Lipinski definition) is 1. The summed E-state index contributed by atoms with van der Waals surface area (Å²) in [4.78, 5) is 31.9. The lowest BCUT2D eigenvalue weighted by Crippen LogP contribution is -2.39. The molecule has 3 aliphatic rings. The quantitative estimate of drug-likeness (QED) is 0.763. The summed E-state index contributed by atoms with van der Waals surface area (Å²) in [6, 6.07) is 6.04. The van der Waals surface area contributed by atoms with E-state index in [1.807, 2.05) is 17.0 Å². The molecule has 6 nitrogen and oxygen atoms in total. The molecule has 2 fully saturated rings. The number of aryl methyl sites for hydroxylation is 2. The zero-order valence-electron chi connectivity index (χ0n) is 16.8. The number of Topliss-reactive ketones (excluding diaryl/α,β-unsaturated/α-hetero) is 1. The van der Waals surface area contributed by atoms with Gasteiger partial charge < -0.3 is 4.90 Å². The van der Waals surface area contributed by atoms with Gasteiger partial charge in [0.25, 0.3) is 0 Å². The van der Waals surface area contributed by atoms with Gasteiger partial charge in [-0.15, -0.1) is 0 Å². The standard InChI is InChI=1S/C23H28N4O2/c28-20(18-9-6-15-3-1-4-17(15)13-18)10-11-21(29)27-12-2-5-19(14-27)23-24-22(25-26-23)16-7-8-16/h6,9,13,16,19H,1-5,7-8,10-12,14H2,(H,24,25,26)/t19-/m1/s1. The zero-order chi connectivity index (χ0) is 19.8. The van der Waals surface area contributed by atoms with E-state index in [9.17, 15) is 9.59 Å². The minimum Gasteiger partial charge on any atom is -0.342 e. The van der Waals surface area contributed by atoms with Crippen molar-refractivity contribution in [3.63, 3.8) is 0 Å². The van der Waals surface area contributed by atoms with Crippen LogP contribution in [0.25, 0.3) is 0 Å². The maximum Gasteiger partial charge on any atom is 0.223 e. The summed E-state index contributed by atoms with van der Waals surface area (Å²) in [6.45, 7) is 1.43. The molecule has 6 heteroatoms. The van der Waals surface area contributed by atoms with Gasteiger partial charge in [0.05, 0.1) is 0 Å². The van der Waals surface area contributed by atoms with Crippen molar-refractivity contribution >= 4 is 11.7 Å². The molecular weight excluding hydrogens is 364 g/mol. The number of rotatable bonds is 6. The third-order valence-corrected chi connectivity index (χ3v) is 6.61. The number of carbonyl (C=O) groups is 2. The van der Waals surface area contributed by atoms with Gasteiger partial charge in [0.15, 0.2) is 11.6 Å². The van der Waals surface area contributed by atoms with Crippen LogP contribution in [-0.2, 0) is 17.6 Å². The fourth-order valence-electron chi connectivity index (χ4n) is 4.69. The Morgan fingerprint density at radius 1 is 1.03 bits per heavy atom. The Kier molecular flexibility index (Phi) is 4.94. The van der Waals surface area contributed by atoms with Gasteiger partial charge in [0.1, 0.15) is 5.82 Å². The molecule has 29 heavy (non-hydrogen) atoms. The Morgan fingerprint density at radius 3 is 2.76 bits per heavy atom. The van der Waals surface area contributed by atoms with Crippen LogP contribution in [-0.4, -0.2) is 44.9 Å². The molecular formula is C23H28N4O2. The monoisotopic (exact) mass is 392 g/mol. The highest BCUT2D eigenvalue weighted by atomic mass is 16.2. The number of H-pyrrole nitrogens is 1. The van der Waals surface area contributed by atoms with Crippen molar-refractivity contribution in [2.75, 3.05) is 13.1 Å². The molecule has 1 aromatic carbocycles. The van der Waals surface area contributed by atoms with Crippen molar-refractivity contribution in [2.24, 2.45) is 0 Å². The average molecular weight is 393 g/mol. The van der Waals surface area contributed by atoms with Crippen molar-refractivity contribution < 1.29 is 9.59 Å². The molecule has 1 saturated carbocycles. The lowest BCUT2D eigenvalue weighted by atomic mass is 9.96. The predicted molar refractivity (Wildman–Crippen MR) is 109 cm³/mol. The highest BCUT2D eigenvalue weighted by Gasteiger charge is 2.31. The summed E-state index contributed by atoms with van der Waals surface area (Å²) in [5.41, 5.74) is 3.43. The number of nitrogens with zero attached hydrogens (tertiary/aromatic N) is 3. The third-order valence-electron chi connectivity index (χ3n) is 6.61. The summed E-state index contributed by atoms with van der Waals surface area (Å²) in [5.74, 6) is 2.75. The molecule has 2 aromatic rings. The largest absolute Gasteiger partial charge is 0.342 e. The molecule has 1 aromatic heterocycles. The number of piperidine rings is 1. The van der Waals surface area contributed by atoms with E-state index in [-0.39, 0.29) is 30.4 Å². The number of nitrogens with one attached hydrogen (secondary N) is 1. The Hall–Kier alpha value is -2.50. The third kappa shape index (κ3) is 3.98. The minimum atomic E-state index is 0.0714. The zero-order valence-corrected chi connectivity index (χ0v) is 16.8. The Labute approximate surface area is 171 Å². The van der Waals surface area contributed by atoms with Gasteiger partial charge in [0, 0.05) is 43.3 Å². The van der Waals surface area contributed by atoms with E-state index < -0.39 is 0 Å². The maximum absolute atomic E-state index is 12.7. The van der Waals surface area contributed by atoms with E-state index in [0.717, 1.165) is 49.4 Å². The van der Waals surface area contributed by atoms with Crippen LogP contribution in [0.2, 0.25) is 0 Å². The van der Waals surface area contributed by atoms with E-state index in [4.69, 9.17) is 0 Å². The van der Waals surface area contributed by atoms with Gasteiger partial charge in [-0.1, -0.05) is 12.1 Å². The van der Waals surface area contributed by atoms with Gasteiger partial charge in [-0.3, -0.25) is 14.7 Å². The van der Waals surface area contributed by atoms with E-state index in [0.29, 0.717) is 12.5 Å². The van der Waals surface area contributed by atoms with E-state index in [1.165, 1.54) is 30.4 Å². The predicted octanol–water partition coefficient (Wildman–Crippen LogP) is 3.54. The molecule has 1 atom stereocenters. The Bertz CT molecular complexity index is 931. The molecule has 5 rings (SSSR count). The number of hydrogen-bond acceptors (Lipinski definition) is 4. The van der Waals surface area contributed by atoms with Crippen molar-refractivity contribution in [3.8, 4) is 0 Å². The van der Waals surface area contributed by atoms with Crippen LogP contribution in [0.3, 0.4) is 0 Å². The molecule has 0 bridgehead atoms. The molecule has 0 unspecified atom stereocenters. The van der Waals surface area contributed by atoms with Crippen LogP contribution in [0.5, 0.6) is 0 Å². The van der Waals surface area contributed by atoms with Gasteiger partial charge in [0.2, 0.25) is 5.91 Å². The number of ketones is 1. The van der Waals surface area contributed by atoms with Crippen LogP contribution in [0.1, 0.15) is 89.9 Å². The number of aromatic amines is 1. The summed E-state index contributed by atoms with van der Waals surface area (Å²) in [5, 5.41) is 7.48. The molecule has 1 saturated heterocycles. The van der Waals surface area contributed by atoms with E-state index in [1.54, 1.807) is 0 Å². The second-order valence-corrected chi connectivity index (χ2v) is 8.79. The Balaban J connectivity index is 1.16. The first kappa shape index (κ1) is 18.5. The van der Waals surface area contributed by atoms with Crippen molar-refractivity contribution in [1.82, 2.24) is 20.1 Å². The number of likely N-dealkylation sites (tertiary alicyclic amines) is 1. The highest BCUT2D eigenvalue weighted by Crippen LogP contribution is 2.38. The fraction of sp³-hybridized carbons (Fsp3) is 0.565. The summed E-state index contributed by atoms with van der Waals surface area (Å²) < 4.78 is 0. The molecule has 2 heterocycles. The van der Waals surface area contributed by atoms with Crippen molar-refractivity contribution in [3.05, 3.63) is 46.5 Å². The topological polar surface area (TPSA) is 79.0 Å².